The second-order valence-electron chi connectivity index (χ2n) is 4.17. The fraction of sp³-hybridized carbons (Fsp3) is 0.200. The highest BCUT2D eigenvalue weighted by Gasteiger charge is 2.24. The molecule has 1 saturated heterocycles. The lowest BCUT2D eigenvalue weighted by atomic mass is 10.1. The van der Waals surface area contributed by atoms with Crippen molar-refractivity contribution in [3.8, 4) is 5.75 Å². The molecule has 0 spiro atoms. The van der Waals surface area contributed by atoms with E-state index in [0.717, 1.165) is 12.4 Å². The van der Waals surface area contributed by atoms with Crippen LogP contribution in [0.2, 0.25) is 0 Å². The van der Waals surface area contributed by atoms with Crippen LogP contribution in [0.1, 0.15) is 17.2 Å². The zero-order chi connectivity index (χ0) is 11.5. The molecule has 1 fully saturated rings. The second-order valence-corrected chi connectivity index (χ2v) is 4.17. The van der Waals surface area contributed by atoms with Gasteiger partial charge in [-0.25, -0.2) is 0 Å². The van der Waals surface area contributed by atoms with E-state index < -0.39 is 0 Å². The van der Waals surface area contributed by atoms with E-state index >= 15 is 0 Å². The van der Waals surface area contributed by atoms with Gasteiger partial charge in [0.05, 0.1) is 6.61 Å². The minimum Gasteiger partial charge on any atom is -0.489 e. The summed E-state index contributed by atoms with van der Waals surface area (Å²) in [4.78, 5) is 0. The lowest BCUT2D eigenvalue weighted by Gasteiger charge is -2.07. The maximum atomic E-state index is 5.76. The Labute approximate surface area is 101 Å². The third-order valence-electron chi connectivity index (χ3n) is 2.81. The molecule has 0 amide bonds. The molecule has 0 bridgehead atoms. The lowest BCUT2D eigenvalue weighted by Crippen LogP contribution is -1.95. The molecule has 1 atom stereocenters. The van der Waals surface area contributed by atoms with Crippen molar-refractivity contribution in [2.45, 2.75) is 12.7 Å². The molecule has 1 heterocycles. The van der Waals surface area contributed by atoms with E-state index in [1.807, 2.05) is 30.3 Å². The lowest BCUT2D eigenvalue weighted by molar-refractivity contribution is 0.305. The summed E-state index contributed by atoms with van der Waals surface area (Å²) < 4.78 is 11.0. The number of benzene rings is 2. The van der Waals surface area contributed by atoms with Gasteiger partial charge >= 0.3 is 0 Å². The van der Waals surface area contributed by atoms with Crippen molar-refractivity contribution in [1.29, 1.82) is 0 Å². The largest absolute Gasteiger partial charge is 0.489 e. The molecule has 1 unspecified atom stereocenters. The maximum absolute atomic E-state index is 5.76. The minimum atomic E-state index is 0.287. The molecule has 3 rings (SSSR count). The Morgan fingerprint density at radius 3 is 2.65 bits per heavy atom. The number of hydrogen-bond acceptors (Lipinski definition) is 2. The minimum absolute atomic E-state index is 0.287. The molecular formula is C15H14O2. The third-order valence-corrected chi connectivity index (χ3v) is 2.81. The van der Waals surface area contributed by atoms with Crippen LogP contribution >= 0.6 is 0 Å². The first-order valence-corrected chi connectivity index (χ1v) is 5.80. The molecule has 0 saturated carbocycles. The van der Waals surface area contributed by atoms with E-state index in [1.54, 1.807) is 0 Å². The quantitative estimate of drug-likeness (QED) is 0.746. The zero-order valence-electron chi connectivity index (χ0n) is 9.50. The molecule has 1 aliphatic rings. The van der Waals surface area contributed by atoms with Crippen molar-refractivity contribution < 1.29 is 9.47 Å². The van der Waals surface area contributed by atoms with Gasteiger partial charge in [-0.1, -0.05) is 42.5 Å². The van der Waals surface area contributed by atoms with Crippen LogP contribution in [0, 0.1) is 0 Å². The topological polar surface area (TPSA) is 21.8 Å². The summed E-state index contributed by atoms with van der Waals surface area (Å²) in [5.74, 6) is 0.904. The fourth-order valence-electron chi connectivity index (χ4n) is 1.79. The molecule has 17 heavy (non-hydrogen) atoms. The zero-order valence-corrected chi connectivity index (χ0v) is 9.50. The highest BCUT2D eigenvalue weighted by Crippen LogP contribution is 2.31. The average Bonchev–Trinajstić information content (AvgIpc) is 3.22. The van der Waals surface area contributed by atoms with E-state index in [0.29, 0.717) is 6.61 Å². The van der Waals surface area contributed by atoms with Crippen molar-refractivity contribution >= 4 is 0 Å². The predicted molar refractivity (Wildman–Crippen MR) is 65.9 cm³/mol. The van der Waals surface area contributed by atoms with Gasteiger partial charge in [0.25, 0.3) is 0 Å². The molecule has 2 nitrogen and oxygen atoms in total. The van der Waals surface area contributed by atoms with Gasteiger partial charge in [0, 0.05) is 0 Å². The van der Waals surface area contributed by atoms with Gasteiger partial charge in [-0.05, 0) is 23.3 Å². The van der Waals surface area contributed by atoms with Crippen LogP contribution in [0.5, 0.6) is 5.75 Å². The van der Waals surface area contributed by atoms with Crippen LogP contribution in [0.25, 0.3) is 0 Å². The first-order valence-electron chi connectivity index (χ1n) is 5.80. The molecule has 0 radical (unpaired) electrons. The first kappa shape index (κ1) is 10.4. The molecule has 1 aliphatic heterocycles. The fourth-order valence-corrected chi connectivity index (χ4v) is 1.79. The van der Waals surface area contributed by atoms with Gasteiger partial charge in [-0.3, -0.25) is 0 Å². The van der Waals surface area contributed by atoms with Gasteiger partial charge < -0.3 is 9.47 Å². The van der Waals surface area contributed by atoms with Gasteiger partial charge in [0.15, 0.2) is 0 Å². The number of hydrogen-bond donors (Lipinski definition) is 0. The Bertz CT molecular complexity index is 489. The summed E-state index contributed by atoms with van der Waals surface area (Å²) in [5, 5.41) is 0. The van der Waals surface area contributed by atoms with Crippen LogP contribution < -0.4 is 4.74 Å². The highest BCUT2D eigenvalue weighted by atomic mass is 16.6. The SMILES string of the molecule is c1ccc(COc2cccc(C3CO3)c2)cc1. The normalized spacial score (nSPS) is 17.8. The van der Waals surface area contributed by atoms with Crippen LogP contribution in [0.15, 0.2) is 54.6 Å². The summed E-state index contributed by atoms with van der Waals surface area (Å²) in [5.41, 5.74) is 2.39. The van der Waals surface area contributed by atoms with Gasteiger partial charge in [-0.2, -0.15) is 0 Å². The average molecular weight is 226 g/mol. The standard InChI is InChI=1S/C15H14O2/c1-2-5-12(6-3-1)10-16-14-8-4-7-13(9-14)15-11-17-15/h1-9,15H,10-11H2. The van der Waals surface area contributed by atoms with Crippen LogP contribution in [0.3, 0.4) is 0 Å². The van der Waals surface area contributed by atoms with Crippen LogP contribution in [-0.4, -0.2) is 6.61 Å². The number of rotatable bonds is 4. The van der Waals surface area contributed by atoms with E-state index in [4.69, 9.17) is 9.47 Å². The second kappa shape index (κ2) is 4.60. The highest BCUT2D eigenvalue weighted by molar-refractivity contribution is 5.31. The molecule has 2 aromatic rings. The number of ether oxygens (including phenoxy) is 2. The predicted octanol–water partition coefficient (Wildman–Crippen LogP) is 3.34. The van der Waals surface area contributed by atoms with Crippen molar-refractivity contribution in [3.63, 3.8) is 0 Å². The molecule has 2 heteroatoms. The third kappa shape index (κ3) is 2.66. The first-order chi connectivity index (χ1) is 8.42. The maximum Gasteiger partial charge on any atom is 0.120 e. The molecule has 0 N–H and O–H groups in total. The van der Waals surface area contributed by atoms with Crippen LogP contribution in [0.4, 0.5) is 0 Å². The summed E-state index contributed by atoms with van der Waals surface area (Å²) in [6.45, 7) is 1.44. The van der Waals surface area contributed by atoms with E-state index in [1.165, 1.54) is 11.1 Å². The molecule has 0 aliphatic carbocycles. The van der Waals surface area contributed by atoms with Gasteiger partial charge in [0.2, 0.25) is 0 Å². The van der Waals surface area contributed by atoms with Crippen LogP contribution in [-0.2, 0) is 11.3 Å². The van der Waals surface area contributed by atoms with Crippen molar-refractivity contribution in [3.05, 3.63) is 65.7 Å². The van der Waals surface area contributed by atoms with Gasteiger partial charge in [0.1, 0.15) is 18.5 Å². The van der Waals surface area contributed by atoms with E-state index in [9.17, 15) is 0 Å². The summed E-state index contributed by atoms with van der Waals surface area (Å²) >= 11 is 0. The summed E-state index contributed by atoms with van der Waals surface area (Å²) in [6.07, 6.45) is 0.287. The van der Waals surface area contributed by atoms with E-state index in [2.05, 4.69) is 24.3 Å². The Morgan fingerprint density at radius 2 is 1.88 bits per heavy atom. The summed E-state index contributed by atoms with van der Waals surface area (Å²) in [7, 11) is 0. The molecule has 86 valence electrons. The molecule has 2 aromatic carbocycles. The van der Waals surface area contributed by atoms with E-state index in [-0.39, 0.29) is 6.10 Å². The summed E-state index contributed by atoms with van der Waals surface area (Å²) in [6, 6.07) is 18.3. The van der Waals surface area contributed by atoms with Crippen molar-refractivity contribution in [1.82, 2.24) is 0 Å². The monoisotopic (exact) mass is 226 g/mol. The van der Waals surface area contributed by atoms with Gasteiger partial charge in [-0.15, -0.1) is 0 Å². The Kier molecular flexibility index (Phi) is 2.80. The number of epoxide rings is 1. The Balaban J connectivity index is 1.66. The molecule has 0 aromatic heterocycles. The molecular weight excluding hydrogens is 212 g/mol. The Hall–Kier alpha value is -1.80. The van der Waals surface area contributed by atoms with Crippen molar-refractivity contribution in [2.24, 2.45) is 0 Å². The Morgan fingerprint density at radius 1 is 1.06 bits per heavy atom. The smallest absolute Gasteiger partial charge is 0.120 e. The van der Waals surface area contributed by atoms with Crippen molar-refractivity contribution in [2.75, 3.05) is 6.61 Å².